The van der Waals surface area contributed by atoms with Gasteiger partial charge < -0.3 is 0 Å². The Morgan fingerprint density at radius 2 is 1.82 bits per heavy atom. The van der Waals surface area contributed by atoms with Crippen LogP contribution in [0.3, 0.4) is 0 Å². The van der Waals surface area contributed by atoms with Gasteiger partial charge >= 0.3 is 0 Å². The standard InChI is InChI=1S/C25H24ClN3O3S2/c1-16(2)34(31,32)20-10-8-18(9-11-20)14-22(30)29(15-19-6-4-5-13-27-19)25-28-23-17(3)7-12-21(26)24(23)33-25/h4-13,16H,14-15H2,1-3H3. The molecule has 0 unspecified atom stereocenters. The molecule has 0 aliphatic heterocycles. The van der Waals surface area contributed by atoms with Crippen LogP contribution in [0.25, 0.3) is 10.2 Å². The van der Waals surface area contributed by atoms with Gasteiger partial charge in [0.15, 0.2) is 15.0 Å². The van der Waals surface area contributed by atoms with E-state index in [2.05, 4.69) is 4.98 Å². The highest BCUT2D eigenvalue weighted by molar-refractivity contribution is 7.92. The Kier molecular flexibility index (Phi) is 7.02. The summed E-state index contributed by atoms with van der Waals surface area (Å²) in [5, 5.41) is 0.626. The number of carbonyl (C=O) groups is 1. The van der Waals surface area contributed by atoms with Gasteiger partial charge in [0.1, 0.15) is 0 Å². The second-order valence-corrected chi connectivity index (χ2v) is 12.1. The molecule has 0 aliphatic carbocycles. The number of fused-ring (bicyclic) bond motifs is 1. The first-order valence-electron chi connectivity index (χ1n) is 10.8. The molecule has 0 radical (unpaired) electrons. The summed E-state index contributed by atoms with van der Waals surface area (Å²) in [5.41, 5.74) is 3.20. The van der Waals surface area contributed by atoms with Gasteiger partial charge in [-0.15, -0.1) is 0 Å². The van der Waals surface area contributed by atoms with Crippen LogP contribution in [-0.4, -0.2) is 29.5 Å². The van der Waals surface area contributed by atoms with E-state index in [0.717, 1.165) is 21.5 Å². The molecule has 0 aliphatic rings. The van der Waals surface area contributed by atoms with Gasteiger partial charge in [-0.3, -0.25) is 14.7 Å². The number of benzene rings is 2. The summed E-state index contributed by atoms with van der Waals surface area (Å²) in [4.78, 5) is 24.4. The lowest BCUT2D eigenvalue weighted by atomic mass is 10.1. The predicted octanol–water partition coefficient (Wildman–Crippen LogP) is 5.61. The van der Waals surface area contributed by atoms with Gasteiger partial charge in [-0.1, -0.05) is 47.2 Å². The van der Waals surface area contributed by atoms with Crippen LogP contribution < -0.4 is 4.90 Å². The minimum absolute atomic E-state index is 0.0947. The van der Waals surface area contributed by atoms with E-state index in [-0.39, 0.29) is 23.8 Å². The van der Waals surface area contributed by atoms with Crippen molar-refractivity contribution in [3.63, 3.8) is 0 Å². The Bertz CT molecular complexity index is 1390. The van der Waals surface area contributed by atoms with Crippen LogP contribution in [0.4, 0.5) is 5.13 Å². The van der Waals surface area contributed by atoms with Crippen LogP contribution in [-0.2, 0) is 27.6 Å². The highest BCUT2D eigenvalue weighted by Crippen LogP contribution is 2.36. The van der Waals surface area contributed by atoms with Crippen LogP contribution in [0.2, 0.25) is 5.02 Å². The van der Waals surface area contributed by atoms with Crippen LogP contribution in [0.15, 0.2) is 65.7 Å². The van der Waals surface area contributed by atoms with Gasteiger partial charge in [0, 0.05) is 6.20 Å². The molecular formula is C25H24ClN3O3S2. The minimum Gasteiger partial charge on any atom is -0.282 e. The van der Waals surface area contributed by atoms with E-state index < -0.39 is 15.1 Å². The van der Waals surface area contributed by atoms with Crippen molar-refractivity contribution in [2.75, 3.05) is 4.90 Å². The fourth-order valence-corrected chi connectivity index (χ4v) is 5.85. The topological polar surface area (TPSA) is 80.2 Å². The molecule has 2 aromatic carbocycles. The highest BCUT2D eigenvalue weighted by atomic mass is 35.5. The molecule has 4 rings (SSSR count). The molecule has 0 saturated carbocycles. The maximum atomic E-state index is 13.5. The van der Waals surface area contributed by atoms with Crippen molar-refractivity contribution < 1.29 is 13.2 Å². The fourth-order valence-electron chi connectivity index (χ4n) is 3.46. The normalized spacial score (nSPS) is 11.8. The largest absolute Gasteiger partial charge is 0.282 e. The number of nitrogens with zero attached hydrogens (tertiary/aromatic N) is 3. The zero-order valence-corrected chi connectivity index (χ0v) is 21.4. The van der Waals surface area contributed by atoms with Crippen molar-refractivity contribution in [3.05, 3.63) is 82.6 Å². The number of hydrogen-bond acceptors (Lipinski definition) is 6. The van der Waals surface area contributed by atoms with E-state index >= 15 is 0 Å². The van der Waals surface area contributed by atoms with Crippen molar-refractivity contribution in [2.45, 2.75) is 43.9 Å². The van der Waals surface area contributed by atoms with Crippen LogP contribution in [0.1, 0.15) is 30.7 Å². The average molecular weight is 514 g/mol. The molecular weight excluding hydrogens is 490 g/mol. The van der Waals surface area contributed by atoms with Gasteiger partial charge in [-0.05, 0) is 62.2 Å². The lowest BCUT2D eigenvalue weighted by molar-refractivity contribution is -0.118. The van der Waals surface area contributed by atoms with Gasteiger partial charge in [-0.25, -0.2) is 13.4 Å². The SMILES string of the molecule is Cc1ccc(Cl)c2sc(N(Cc3ccccn3)C(=O)Cc3ccc(S(=O)(=O)C(C)C)cc3)nc12. The summed E-state index contributed by atoms with van der Waals surface area (Å²) in [5.74, 6) is -0.169. The quantitative estimate of drug-likeness (QED) is 0.321. The zero-order valence-electron chi connectivity index (χ0n) is 19.0. The summed E-state index contributed by atoms with van der Waals surface area (Å²) in [6.07, 6.45) is 1.78. The Morgan fingerprint density at radius 1 is 1.09 bits per heavy atom. The van der Waals surface area contributed by atoms with E-state index in [0.29, 0.717) is 15.7 Å². The van der Waals surface area contributed by atoms with Crippen molar-refractivity contribution in [2.24, 2.45) is 0 Å². The molecule has 0 N–H and O–H groups in total. The maximum Gasteiger partial charge on any atom is 0.233 e. The van der Waals surface area contributed by atoms with E-state index in [1.807, 2.05) is 37.3 Å². The van der Waals surface area contributed by atoms with E-state index in [4.69, 9.17) is 16.6 Å². The second-order valence-electron chi connectivity index (χ2n) is 8.25. The van der Waals surface area contributed by atoms with Crippen molar-refractivity contribution in [3.8, 4) is 0 Å². The Balaban J connectivity index is 1.66. The van der Waals surface area contributed by atoms with Gasteiger partial charge in [0.05, 0.1) is 44.0 Å². The smallest absolute Gasteiger partial charge is 0.233 e. The molecule has 6 nitrogen and oxygen atoms in total. The first-order valence-corrected chi connectivity index (χ1v) is 13.5. The summed E-state index contributed by atoms with van der Waals surface area (Å²) in [7, 11) is -3.37. The lowest BCUT2D eigenvalue weighted by Gasteiger charge is -2.20. The fraction of sp³-hybridized carbons (Fsp3) is 0.240. The number of hydrogen-bond donors (Lipinski definition) is 0. The number of aryl methyl sites for hydroxylation is 1. The van der Waals surface area contributed by atoms with E-state index in [1.165, 1.54) is 11.3 Å². The van der Waals surface area contributed by atoms with Gasteiger partial charge in [0.2, 0.25) is 5.91 Å². The number of halogens is 1. The molecule has 0 atom stereocenters. The molecule has 0 saturated heterocycles. The number of pyridine rings is 1. The highest BCUT2D eigenvalue weighted by Gasteiger charge is 2.23. The van der Waals surface area contributed by atoms with Crippen molar-refractivity contribution in [1.29, 1.82) is 0 Å². The molecule has 2 heterocycles. The summed E-state index contributed by atoms with van der Waals surface area (Å²) < 4.78 is 25.6. The summed E-state index contributed by atoms with van der Waals surface area (Å²) in [6, 6.07) is 15.8. The van der Waals surface area contributed by atoms with Crippen LogP contribution in [0.5, 0.6) is 0 Å². The van der Waals surface area contributed by atoms with Crippen LogP contribution in [0, 0.1) is 6.92 Å². The number of carbonyl (C=O) groups excluding carboxylic acids is 1. The second kappa shape index (κ2) is 9.82. The van der Waals surface area contributed by atoms with Crippen molar-refractivity contribution >= 4 is 54.0 Å². The molecule has 2 aromatic heterocycles. The van der Waals surface area contributed by atoms with E-state index in [9.17, 15) is 13.2 Å². The third-order valence-electron chi connectivity index (χ3n) is 5.49. The van der Waals surface area contributed by atoms with Crippen molar-refractivity contribution in [1.82, 2.24) is 9.97 Å². The Hall–Kier alpha value is -2.81. The minimum atomic E-state index is -3.37. The number of aromatic nitrogens is 2. The number of amides is 1. The van der Waals surface area contributed by atoms with Gasteiger partial charge in [0.25, 0.3) is 0 Å². The first-order chi connectivity index (χ1) is 16.2. The van der Waals surface area contributed by atoms with Crippen LogP contribution >= 0.6 is 22.9 Å². The average Bonchev–Trinajstić information content (AvgIpc) is 3.27. The summed E-state index contributed by atoms with van der Waals surface area (Å²) in [6.45, 7) is 5.51. The summed E-state index contributed by atoms with van der Waals surface area (Å²) >= 11 is 7.76. The third-order valence-corrected chi connectivity index (χ3v) is 9.20. The number of anilines is 1. The molecule has 0 spiro atoms. The van der Waals surface area contributed by atoms with E-state index in [1.54, 1.807) is 49.2 Å². The number of thiazole rings is 1. The molecule has 0 fully saturated rings. The molecule has 9 heteroatoms. The number of rotatable bonds is 7. The van der Waals surface area contributed by atoms with Gasteiger partial charge in [-0.2, -0.15) is 0 Å². The molecule has 0 bridgehead atoms. The molecule has 176 valence electrons. The predicted molar refractivity (Wildman–Crippen MR) is 137 cm³/mol. The maximum absolute atomic E-state index is 13.5. The molecule has 1 amide bonds. The zero-order chi connectivity index (χ0) is 24.5. The Morgan fingerprint density at radius 3 is 2.44 bits per heavy atom. The molecule has 34 heavy (non-hydrogen) atoms. The lowest BCUT2D eigenvalue weighted by Crippen LogP contribution is -2.32. The third kappa shape index (κ3) is 4.99. The molecule has 4 aromatic rings. The first kappa shape index (κ1) is 24.3. The number of sulfone groups is 1. The monoisotopic (exact) mass is 513 g/mol. The Labute approximate surface area is 208 Å².